The molecular formula is C13H14N2O2S. The van der Waals surface area contributed by atoms with Crippen molar-refractivity contribution in [2.45, 2.75) is 19.3 Å². The molecule has 0 bridgehead atoms. The lowest BCUT2D eigenvalue weighted by Crippen LogP contribution is -2.53. The van der Waals surface area contributed by atoms with Crippen molar-refractivity contribution in [2.24, 2.45) is 5.73 Å². The molecule has 0 saturated heterocycles. The van der Waals surface area contributed by atoms with Crippen molar-refractivity contribution in [1.29, 1.82) is 0 Å². The van der Waals surface area contributed by atoms with Crippen LogP contribution in [0.15, 0.2) is 24.3 Å². The number of fused-ring (bicyclic) bond motifs is 1. The summed E-state index contributed by atoms with van der Waals surface area (Å²) >= 11 is 4.79. The molecule has 1 aromatic carbocycles. The molecule has 0 aliphatic carbocycles. The van der Waals surface area contributed by atoms with Crippen LogP contribution in [0.1, 0.15) is 29.8 Å². The second kappa shape index (κ2) is 4.17. The van der Waals surface area contributed by atoms with Gasteiger partial charge in [0.25, 0.3) is 5.91 Å². The van der Waals surface area contributed by atoms with Crippen molar-refractivity contribution in [3.63, 3.8) is 0 Å². The van der Waals surface area contributed by atoms with Crippen molar-refractivity contribution < 1.29 is 9.59 Å². The zero-order valence-electron chi connectivity index (χ0n) is 10.3. The van der Waals surface area contributed by atoms with Crippen LogP contribution in [0.25, 0.3) is 0 Å². The first-order valence-corrected chi connectivity index (χ1v) is 6.00. The maximum Gasteiger partial charge on any atom is 0.261 e. The van der Waals surface area contributed by atoms with E-state index in [0.717, 1.165) is 10.5 Å². The lowest BCUT2D eigenvalue weighted by molar-refractivity contribution is -0.133. The minimum absolute atomic E-state index is 0.00916. The van der Waals surface area contributed by atoms with Crippen LogP contribution < -0.4 is 5.73 Å². The summed E-state index contributed by atoms with van der Waals surface area (Å²) in [5, 5.41) is 0. The van der Waals surface area contributed by atoms with E-state index in [2.05, 4.69) is 0 Å². The van der Waals surface area contributed by atoms with E-state index in [1.165, 1.54) is 0 Å². The monoisotopic (exact) mass is 262 g/mol. The van der Waals surface area contributed by atoms with E-state index in [0.29, 0.717) is 5.56 Å². The summed E-state index contributed by atoms with van der Waals surface area (Å²) in [6.07, 6.45) is 0. The minimum Gasteiger partial charge on any atom is -0.392 e. The molecule has 0 spiro atoms. The Hall–Kier alpha value is -1.75. The predicted octanol–water partition coefficient (Wildman–Crippen LogP) is 1.23. The van der Waals surface area contributed by atoms with Gasteiger partial charge in [-0.3, -0.25) is 14.5 Å². The number of hydrogen-bond donors (Lipinski definition) is 1. The minimum atomic E-state index is -0.741. The van der Waals surface area contributed by atoms with Crippen LogP contribution in [0.4, 0.5) is 0 Å². The van der Waals surface area contributed by atoms with Gasteiger partial charge in [0.2, 0.25) is 5.91 Å². The Balaban J connectivity index is 2.57. The van der Waals surface area contributed by atoms with E-state index < -0.39 is 5.41 Å². The first-order valence-electron chi connectivity index (χ1n) is 5.60. The fourth-order valence-corrected chi connectivity index (χ4v) is 2.33. The Labute approximate surface area is 111 Å². The highest BCUT2D eigenvalue weighted by Gasteiger charge is 2.44. The topological polar surface area (TPSA) is 63.4 Å². The van der Waals surface area contributed by atoms with E-state index in [1.54, 1.807) is 26.0 Å². The molecule has 2 N–H and O–H groups in total. The van der Waals surface area contributed by atoms with Crippen molar-refractivity contribution in [1.82, 2.24) is 4.90 Å². The van der Waals surface area contributed by atoms with Crippen molar-refractivity contribution in [2.75, 3.05) is 6.54 Å². The number of imide groups is 1. The van der Waals surface area contributed by atoms with Crippen LogP contribution in [-0.2, 0) is 10.2 Å². The van der Waals surface area contributed by atoms with E-state index in [-0.39, 0.29) is 23.3 Å². The van der Waals surface area contributed by atoms with Gasteiger partial charge in [-0.05, 0) is 25.5 Å². The lowest BCUT2D eigenvalue weighted by Gasteiger charge is -2.37. The molecule has 94 valence electrons. The van der Waals surface area contributed by atoms with Gasteiger partial charge in [-0.1, -0.05) is 30.4 Å². The first-order chi connectivity index (χ1) is 8.35. The van der Waals surface area contributed by atoms with Crippen LogP contribution >= 0.6 is 12.2 Å². The second-order valence-electron chi connectivity index (χ2n) is 4.83. The quantitative estimate of drug-likeness (QED) is 0.643. The summed E-state index contributed by atoms with van der Waals surface area (Å²) in [5.74, 6) is -0.596. The molecule has 0 radical (unpaired) electrons. The molecule has 0 fully saturated rings. The van der Waals surface area contributed by atoms with Crippen LogP contribution in [0.3, 0.4) is 0 Å². The van der Waals surface area contributed by atoms with Crippen molar-refractivity contribution >= 4 is 29.0 Å². The molecule has 1 aromatic rings. The first kappa shape index (κ1) is 12.7. The van der Waals surface area contributed by atoms with Gasteiger partial charge in [-0.25, -0.2) is 0 Å². The molecule has 0 unspecified atom stereocenters. The van der Waals surface area contributed by atoms with E-state index >= 15 is 0 Å². The van der Waals surface area contributed by atoms with Crippen LogP contribution in [-0.4, -0.2) is 28.2 Å². The van der Waals surface area contributed by atoms with Gasteiger partial charge in [-0.15, -0.1) is 0 Å². The summed E-state index contributed by atoms with van der Waals surface area (Å²) in [6.45, 7) is 3.59. The largest absolute Gasteiger partial charge is 0.392 e. The number of amides is 2. The molecule has 1 heterocycles. The normalized spacial score (nSPS) is 17.6. The maximum atomic E-state index is 12.3. The van der Waals surface area contributed by atoms with Crippen LogP contribution in [0.2, 0.25) is 0 Å². The van der Waals surface area contributed by atoms with Gasteiger partial charge in [-0.2, -0.15) is 0 Å². The number of rotatable bonds is 2. The van der Waals surface area contributed by atoms with Gasteiger partial charge in [0.05, 0.1) is 16.9 Å². The highest BCUT2D eigenvalue weighted by Crippen LogP contribution is 2.33. The van der Waals surface area contributed by atoms with Crippen molar-refractivity contribution in [3.05, 3.63) is 35.4 Å². The number of nitrogens with zero attached hydrogens (tertiary/aromatic N) is 1. The third-order valence-corrected chi connectivity index (χ3v) is 3.30. The van der Waals surface area contributed by atoms with Gasteiger partial charge >= 0.3 is 0 Å². The van der Waals surface area contributed by atoms with Crippen molar-refractivity contribution in [3.8, 4) is 0 Å². The highest BCUT2D eigenvalue weighted by atomic mass is 32.1. The van der Waals surface area contributed by atoms with E-state index in [9.17, 15) is 9.59 Å². The van der Waals surface area contributed by atoms with Gasteiger partial charge < -0.3 is 5.73 Å². The average Bonchev–Trinajstić information content (AvgIpc) is 2.32. The molecule has 18 heavy (non-hydrogen) atoms. The average molecular weight is 262 g/mol. The summed E-state index contributed by atoms with van der Waals surface area (Å²) < 4.78 is 0. The SMILES string of the molecule is CC1(C)C(=O)N(CC(N)=S)C(=O)c2ccccc21. The molecule has 0 aromatic heterocycles. The highest BCUT2D eigenvalue weighted by molar-refractivity contribution is 7.80. The number of carbonyl (C=O) groups excluding carboxylic acids is 2. The summed E-state index contributed by atoms with van der Waals surface area (Å²) in [5.41, 5.74) is 5.99. The zero-order chi connectivity index (χ0) is 13.5. The molecular weight excluding hydrogens is 248 g/mol. The summed E-state index contributed by atoms with van der Waals surface area (Å²) in [4.78, 5) is 25.8. The number of benzene rings is 1. The Kier molecular flexibility index (Phi) is 2.94. The molecule has 0 atom stereocenters. The lowest BCUT2D eigenvalue weighted by atomic mass is 9.77. The molecule has 1 aliphatic heterocycles. The third kappa shape index (κ3) is 1.80. The Morgan fingerprint density at radius 2 is 1.94 bits per heavy atom. The van der Waals surface area contributed by atoms with Crippen LogP contribution in [0, 0.1) is 0 Å². The number of hydrogen-bond acceptors (Lipinski definition) is 3. The predicted molar refractivity (Wildman–Crippen MR) is 72.3 cm³/mol. The molecule has 2 amide bonds. The molecule has 4 nitrogen and oxygen atoms in total. The molecule has 5 heteroatoms. The van der Waals surface area contributed by atoms with Gasteiger partial charge in [0.15, 0.2) is 0 Å². The Morgan fingerprint density at radius 1 is 1.33 bits per heavy atom. The number of nitrogens with two attached hydrogens (primary N) is 1. The fourth-order valence-electron chi connectivity index (χ4n) is 2.20. The zero-order valence-corrected chi connectivity index (χ0v) is 11.1. The molecule has 0 saturated carbocycles. The van der Waals surface area contributed by atoms with E-state index in [1.807, 2.05) is 12.1 Å². The fraction of sp³-hybridized carbons (Fsp3) is 0.308. The summed E-state index contributed by atoms with van der Waals surface area (Å²) in [7, 11) is 0. The van der Waals surface area contributed by atoms with Gasteiger partial charge in [0, 0.05) is 5.56 Å². The number of carbonyl (C=O) groups is 2. The van der Waals surface area contributed by atoms with Gasteiger partial charge in [0.1, 0.15) is 0 Å². The summed E-state index contributed by atoms with van der Waals surface area (Å²) in [6, 6.07) is 7.13. The second-order valence-corrected chi connectivity index (χ2v) is 5.36. The molecule has 2 rings (SSSR count). The smallest absolute Gasteiger partial charge is 0.261 e. The van der Waals surface area contributed by atoms with Crippen LogP contribution in [0.5, 0.6) is 0 Å². The standard InChI is InChI=1S/C13H14N2O2S/c1-13(2)9-6-4-3-5-8(9)11(16)15(12(13)17)7-10(14)18/h3-6H,7H2,1-2H3,(H2,14,18). The third-order valence-electron chi connectivity index (χ3n) is 3.17. The Morgan fingerprint density at radius 3 is 2.56 bits per heavy atom. The number of thiocarbonyl (C=S) groups is 1. The maximum absolute atomic E-state index is 12.3. The molecule has 1 aliphatic rings. The Bertz CT molecular complexity index is 552. The van der Waals surface area contributed by atoms with E-state index in [4.69, 9.17) is 18.0 Å².